The number of ether oxygens (including phenoxy) is 1. The second-order valence-corrected chi connectivity index (χ2v) is 6.25. The molecule has 3 N–H and O–H groups in total. The molecule has 1 aliphatic heterocycles. The summed E-state index contributed by atoms with van der Waals surface area (Å²) in [5.74, 6) is 0.580. The summed E-state index contributed by atoms with van der Waals surface area (Å²) in [7, 11) is 0. The first-order chi connectivity index (χ1) is 12.2. The van der Waals surface area contributed by atoms with Crippen molar-refractivity contribution < 1.29 is 14.6 Å². The fourth-order valence-electron chi connectivity index (χ4n) is 2.90. The molecule has 0 aliphatic carbocycles. The number of hydrogen-bond acceptors (Lipinski definition) is 4. The molecule has 1 saturated heterocycles. The molecule has 0 saturated carbocycles. The largest absolute Gasteiger partial charge is 0.493 e. The van der Waals surface area contributed by atoms with Gasteiger partial charge >= 0.3 is 0 Å². The van der Waals surface area contributed by atoms with E-state index in [1.807, 2.05) is 18.2 Å². The Balaban J connectivity index is 0.00000243. The molecule has 6 heteroatoms. The highest BCUT2D eigenvalue weighted by Gasteiger charge is 2.24. The predicted molar refractivity (Wildman–Crippen MR) is 104 cm³/mol. The van der Waals surface area contributed by atoms with Gasteiger partial charge in [0, 0.05) is 18.5 Å². The number of nitrogens with one attached hydrogen (secondary N) is 2. The lowest BCUT2D eigenvalue weighted by Crippen LogP contribution is -2.52. The van der Waals surface area contributed by atoms with Crippen molar-refractivity contribution in [3.8, 4) is 5.75 Å². The molecule has 0 spiro atoms. The lowest BCUT2D eigenvalue weighted by atomic mass is 10.0. The van der Waals surface area contributed by atoms with E-state index in [0.717, 1.165) is 25.1 Å². The summed E-state index contributed by atoms with van der Waals surface area (Å²) in [6.07, 6.45) is 1.03. The monoisotopic (exact) mass is 376 g/mol. The van der Waals surface area contributed by atoms with Crippen LogP contribution in [0.1, 0.15) is 22.3 Å². The van der Waals surface area contributed by atoms with Crippen LogP contribution in [0.15, 0.2) is 54.6 Å². The topological polar surface area (TPSA) is 70.6 Å². The molecule has 1 amide bonds. The summed E-state index contributed by atoms with van der Waals surface area (Å²) in [6.45, 7) is 1.91. The van der Waals surface area contributed by atoms with Gasteiger partial charge in [-0.15, -0.1) is 12.4 Å². The fraction of sp³-hybridized carbons (Fsp3) is 0.350. The third-order valence-corrected chi connectivity index (χ3v) is 4.39. The van der Waals surface area contributed by atoms with Crippen LogP contribution >= 0.6 is 12.4 Å². The van der Waals surface area contributed by atoms with Crippen LogP contribution < -0.4 is 15.4 Å². The van der Waals surface area contributed by atoms with Gasteiger partial charge in [-0.05, 0) is 42.8 Å². The molecule has 5 nitrogen and oxygen atoms in total. The maximum absolute atomic E-state index is 12.3. The minimum atomic E-state index is -0.543. The minimum Gasteiger partial charge on any atom is -0.493 e. The summed E-state index contributed by atoms with van der Waals surface area (Å²) in [5, 5.41) is 15.9. The lowest BCUT2D eigenvalue weighted by molar-refractivity contribution is 0.0765. The van der Waals surface area contributed by atoms with Gasteiger partial charge in [0.2, 0.25) is 0 Å². The molecule has 2 atom stereocenters. The van der Waals surface area contributed by atoms with E-state index in [1.54, 1.807) is 24.3 Å². The van der Waals surface area contributed by atoms with Gasteiger partial charge in [0.05, 0.1) is 18.8 Å². The Kier molecular flexibility index (Phi) is 7.91. The van der Waals surface area contributed by atoms with Gasteiger partial charge in [0.1, 0.15) is 5.75 Å². The average molecular weight is 377 g/mol. The Hall–Kier alpha value is -2.08. The Morgan fingerprint density at radius 1 is 1.15 bits per heavy atom. The summed E-state index contributed by atoms with van der Waals surface area (Å²) >= 11 is 0. The van der Waals surface area contributed by atoms with E-state index in [4.69, 9.17) is 4.74 Å². The van der Waals surface area contributed by atoms with Gasteiger partial charge in [0.15, 0.2) is 0 Å². The van der Waals surface area contributed by atoms with E-state index in [0.29, 0.717) is 18.7 Å². The maximum atomic E-state index is 12.3. The molecule has 2 aromatic rings. The number of benzene rings is 2. The van der Waals surface area contributed by atoms with Gasteiger partial charge in [-0.25, -0.2) is 0 Å². The molecule has 1 aliphatic rings. The number of rotatable bonds is 6. The van der Waals surface area contributed by atoms with Gasteiger partial charge < -0.3 is 20.5 Å². The highest BCUT2D eigenvalue weighted by Crippen LogP contribution is 2.14. The zero-order chi connectivity index (χ0) is 17.5. The molecule has 140 valence electrons. The van der Waals surface area contributed by atoms with Gasteiger partial charge in [-0.1, -0.05) is 30.3 Å². The number of aliphatic hydroxyl groups is 1. The Morgan fingerprint density at radius 3 is 2.58 bits per heavy atom. The van der Waals surface area contributed by atoms with Crippen molar-refractivity contribution >= 4 is 18.3 Å². The first-order valence-corrected chi connectivity index (χ1v) is 8.69. The quantitative estimate of drug-likeness (QED) is 0.722. The molecule has 1 fully saturated rings. The molecule has 1 heterocycles. The zero-order valence-electron chi connectivity index (χ0n) is 14.6. The number of amides is 1. The van der Waals surface area contributed by atoms with Crippen LogP contribution in [0.25, 0.3) is 0 Å². The predicted octanol–water partition coefficient (Wildman–Crippen LogP) is 2.18. The summed E-state index contributed by atoms with van der Waals surface area (Å²) < 4.78 is 5.73. The van der Waals surface area contributed by atoms with Gasteiger partial charge in [-0.3, -0.25) is 4.79 Å². The van der Waals surface area contributed by atoms with Crippen LogP contribution in [0.2, 0.25) is 0 Å². The summed E-state index contributed by atoms with van der Waals surface area (Å²) in [4.78, 5) is 12.3. The number of aliphatic hydroxyl groups excluding tert-OH is 1. The average Bonchev–Trinajstić information content (AvgIpc) is 2.65. The summed E-state index contributed by atoms with van der Waals surface area (Å²) in [6, 6.07) is 17.1. The van der Waals surface area contributed by atoms with Crippen molar-refractivity contribution in [2.75, 3.05) is 19.7 Å². The van der Waals surface area contributed by atoms with Crippen molar-refractivity contribution in [1.29, 1.82) is 0 Å². The number of β-amino-alcohol motifs (C(OH)–C–C–N with tert-alkyl or cyclic N) is 1. The maximum Gasteiger partial charge on any atom is 0.251 e. The van der Waals surface area contributed by atoms with Crippen LogP contribution in [-0.2, 0) is 6.42 Å². The standard InChI is InChI=1S/C20H24N2O3.ClH/c23-19-14-21-12-10-18(19)22-20(24)16-6-8-17(9-7-16)25-13-11-15-4-2-1-3-5-15;/h1-9,18-19,21,23H,10-14H2,(H,22,24);1H/t18-,19-;/m1./s1. The number of carbonyl (C=O) groups excluding carboxylic acids is 1. The van der Waals surface area contributed by atoms with Gasteiger partial charge in [-0.2, -0.15) is 0 Å². The Labute approximate surface area is 160 Å². The van der Waals surface area contributed by atoms with E-state index < -0.39 is 6.10 Å². The molecule has 0 aromatic heterocycles. The van der Waals surface area contributed by atoms with E-state index in [-0.39, 0.29) is 24.4 Å². The molecule has 3 rings (SSSR count). The Bertz CT molecular complexity index is 679. The number of halogens is 1. The third kappa shape index (κ3) is 5.73. The molecule has 0 unspecified atom stereocenters. The second-order valence-electron chi connectivity index (χ2n) is 6.25. The first-order valence-electron chi connectivity index (χ1n) is 8.69. The first kappa shape index (κ1) is 20.2. The van der Waals surface area contributed by atoms with E-state index in [9.17, 15) is 9.90 Å². The molecule has 0 bridgehead atoms. The van der Waals surface area contributed by atoms with Crippen LogP contribution in [0.5, 0.6) is 5.75 Å². The molecule has 2 aromatic carbocycles. The van der Waals surface area contributed by atoms with Crippen LogP contribution in [0.3, 0.4) is 0 Å². The fourth-order valence-corrected chi connectivity index (χ4v) is 2.90. The van der Waals surface area contributed by atoms with Crippen molar-refractivity contribution in [3.63, 3.8) is 0 Å². The van der Waals surface area contributed by atoms with Crippen molar-refractivity contribution in [1.82, 2.24) is 10.6 Å². The van der Waals surface area contributed by atoms with Crippen LogP contribution in [-0.4, -0.2) is 42.9 Å². The van der Waals surface area contributed by atoms with E-state index in [1.165, 1.54) is 5.56 Å². The van der Waals surface area contributed by atoms with Crippen molar-refractivity contribution in [2.24, 2.45) is 0 Å². The van der Waals surface area contributed by atoms with Gasteiger partial charge in [0.25, 0.3) is 5.91 Å². The van der Waals surface area contributed by atoms with Crippen molar-refractivity contribution in [3.05, 3.63) is 65.7 Å². The summed E-state index contributed by atoms with van der Waals surface area (Å²) in [5.41, 5.74) is 1.81. The number of hydrogen-bond donors (Lipinski definition) is 3. The Morgan fingerprint density at radius 2 is 1.88 bits per heavy atom. The highest BCUT2D eigenvalue weighted by molar-refractivity contribution is 5.94. The smallest absolute Gasteiger partial charge is 0.251 e. The van der Waals surface area contributed by atoms with E-state index in [2.05, 4.69) is 22.8 Å². The van der Waals surface area contributed by atoms with Crippen molar-refractivity contribution in [2.45, 2.75) is 25.0 Å². The minimum absolute atomic E-state index is 0. The number of piperidine rings is 1. The molecular weight excluding hydrogens is 352 g/mol. The molecular formula is C20H25ClN2O3. The SMILES string of the molecule is Cl.O=C(N[C@@H]1CCNC[C@H]1O)c1ccc(OCCc2ccccc2)cc1. The van der Waals surface area contributed by atoms with Crippen LogP contribution in [0.4, 0.5) is 0 Å². The normalized spacial score (nSPS) is 19.3. The molecule has 26 heavy (non-hydrogen) atoms. The second kappa shape index (κ2) is 10.2. The number of carbonyl (C=O) groups is 1. The van der Waals surface area contributed by atoms with Crippen LogP contribution in [0, 0.1) is 0 Å². The highest BCUT2D eigenvalue weighted by atomic mass is 35.5. The lowest BCUT2D eigenvalue weighted by Gasteiger charge is -2.29. The third-order valence-electron chi connectivity index (χ3n) is 4.39. The van der Waals surface area contributed by atoms with E-state index >= 15 is 0 Å². The zero-order valence-corrected chi connectivity index (χ0v) is 15.4. The molecule has 0 radical (unpaired) electrons.